The average molecular weight is 356 g/mol. The molecule has 1 aliphatic heterocycles. The largest absolute Gasteiger partial charge is 0.436 e. The lowest BCUT2D eigenvalue weighted by Crippen LogP contribution is -2.33. The van der Waals surface area contributed by atoms with E-state index in [1.54, 1.807) is 13.8 Å². The van der Waals surface area contributed by atoms with Crippen LogP contribution in [0.25, 0.3) is 0 Å². The van der Waals surface area contributed by atoms with Crippen LogP contribution < -0.4 is 0 Å². The number of epoxide rings is 1. The first-order chi connectivity index (χ1) is 11.9. The van der Waals surface area contributed by atoms with Crippen molar-refractivity contribution in [1.29, 1.82) is 0 Å². The van der Waals surface area contributed by atoms with Crippen LogP contribution in [-0.4, -0.2) is 47.9 Å². The Morgan fingerprint density at radius 3 is 2.16 bits per heavy atom. The van der Waals surface area contributed by atoms with Gasteiger partial charge in [-0.05, 0) is 52.4 Å². The quantitative estimate of drug-likeness (QED) is 0.441. The average Bonchev–Trinajstić information content (AvgIpc) is 3.32. The number of fused-ring (bicyclic) bond motifs is 1. The molecule has 25 heavy (non-hydrogen) atoms. The highest BCUT2D eigenvalue weighted by Gasteiger charge is 2.46. The van der Waals surface area contributed by atoms with Gasteiger partial charge in [-0.15, -0.1) is 0 Å². The minimum Gasteiger partial charge on any atom is -0.436 e. The Morgan fingerprint density at radius 1 is 0.920 bits per heavy atom. The van der Waals surface area contributed by atoms with E-state index in [9.17, 15) is 14.7 Å². The van der Waals surface area contributed by atoms with Crippen LogP contribution in [0.1, 0.15) is 58.8 Å². The number of rotatable bonds is 6. The molecule has 1 heterocycles. The van der Waals surface area contributed by atoms with Gasteiger partial charge in [0.25, 0.3) is 0 Å². The lowest BCUT2D eigenvalue weighted by atomic mass is 9.87. The molecule has 0 spiro atoms. The molecule has 3 fully saturated rings. The van der Waals surface area contributed by atoms with Crippen LogP contribution >= 0.6 is 0 Å². The third-order valence-electron chi connectivity index (χ3n) is 5.26. The van der Waals surface area contributed by atoms with Gasteiger partial charge in [0.1, 0.15) is 0 Å². The molecule has 0 amide bonds. The number of esters is 2. The Labute approximate surface area is 147 Å². The van der Waals surface area contributed by atoms with Gasteiger partial charge in [0.2, 0.25) is 12.6 Å². The van der Waals surface area contributed by atoms with Crippen molar-refractivity contribution in [1.82, 2.24) is 0 Å². The summed E-state index contributed by atoms with van der Waals surface area (Å²) in [6.45, 7) is 3.22. The van der Waals surface area contributed by atoms with Crippen LogP contribution in [0, 0.1) is 11.8 Å². The Hall–Kier alpha value is -1.18. The summed E-state index contributed by atoms with van der Waals surface area (Å²) >= 11 is 0. The van der Waals surface area contributed by atoms with Gasteiger partial charge in [0.05, 0.1) is 30.1 Å². The van der Waals surface area contributed by atoms with Crippen molar-refractivity contribution < 1.29 is 33.6 Å². The topological polar surface area (TPSA) is 94.6 Å². The number of hydrogen-bond acceptors (Lipinski definition) is 7. The molecule has 1 saturated heterocycles. The van der Waals surface area contributed by atoms with E-state index in [2.05, 4.69) is 0 Å². The summed E-state index contributed by atoms with van der Waals surface area (Å²) in [4.78, 5) is 24.3. The van der Waals surface area contributed by atoms with Crippen LogP contribution in [0.5, 0.6) is 0 Å². The number of carbonyl (C=O) groups is 2. The molecule has 0 aromatic rings. The monoisotopic (exact) mass is 356 g/mol. The zero-order valence-corrected chi connectivity index (χ0v) is 14.9. The van der Waals surface area contributed by atoms with Crippen LogP contribution in [0.15, 0.2) is 0 Å². The zero-order chi connectivity index (χ0) is 18.0. The predicted molar refractivity (Wildman–Crippen MR) is 86.2 cm³/mol. The molecule has 7 unspecified atom stereocenters. The first kappa shape index (κ1) is 18.6. The van der Waals surface area contributed by atoms with Gasteiger partial charge in [0.15, 0.2) is 0 Å². The molecular formula is C18H28O7. The Bertz CT molecular complexity index is 470. The Morgan fingerprint density at radius 2 is 1.56 bits per heavy atom. The highest BCUT2D eigenvalue weighted by Crippen LogP contribution is 2.39. The van der Waals surface area contributed by atoms with E-state index in [-0.39, 0.29) is 29.9 Å². The van der Waals surface area contributed by atoms with Crippen LogP contribution in [0.4, 0.5) is 0 Å². The molecule has 7 heteroatoms. The van der Waals surface area contributed by atoms with Crippen LogP contribution in [0.3, 0.4) is 0 Å². The second kappa shape index (κ2) is 8.01. The van der Waals surface area contributed by atoms with E-state index in [1.165, 1.54) is 0 Å². The van der Waals surface area contributed by atoms with Crippen molar-refractivity contribution in [3.05, 3.63) is 0 Å². The van der Waals surface area contributed by atoms with Crippen molar-refractivity contribution in [2.75, 3.05) is 0 Å². The molecule has 1 N–H and O–H groups in total. The van der Waals surface area contributed by atoms with Crippen molar-refractivity contribution >= 4 is 11.9 Å². The number of ether oxygens (including phenoxy) is 4. The fourth-order valence-electron chi connectivity index (χ4n) is 3.84. The van der Waals surface area contributed by atoms with Crippen molar-refractivity contribution in [3.8, 4) is 0 Å². The van der Waals surface area contributed by atoms with E-state index in [0.29, 0.717) is 18.9 Å². The first-order valence-corrected chi connectivity index (χ1v) is 9.32. The molecule has 0 radical (unpaired) electrons. The summed E-state index contributed by atoms with van der Waals surface area (Å²) in [5.41, 5.74) is 0. The standard InChI is InChI=1S/C18H28O7/c1-10(23-17(20)12-4-3-5-14(19)8-12)22-11(2)24-18(21)13-6-7-15-16(9-13)25-15/h10-16,19H,3-9H2,1-2H3. The van der Waals surface area contributed by atoms with Gasteiger partial charge in [-0.3, -0.25) is 9.59 Å². The van der Waals surface area contributed by atoms with E-state index < -0.39 is 18.7 Å². The second-order valence-corrected chi connectivity index (χ2v) is 7.39. The zero-order valence-electron chi connectivity index (χ0n) is 14.9. The Balaban J connectivity index is 1.37. The summed E-state index contributed by atoms with van der Waals surface area (Å²) in [5, 5.41) is 9.65. The van der Waals surface area contributed by atoms with Gasteiger partial charge in [0, 0.05) is 0 Å². The molecule has 7 atom stereocenters. The van der Waals surface area contributed by atoms with Crippen LogP contribution in [0.2, 0.25) is 0 Å². The number of hydrogen-bond donors (Lipinski definition) is 1. The summed E-state index contributed by atoms with van der Waals surface area (Å²) in [7, 11) is 0. The SMILES string of the molecule is CC(OC(=O)C1CCCC(O)C1)OC(C)OC(=O)C1CCC2OC2C1. The molecule has 3 aliphatic rings. The predicted octanol–water partition coefficient (Wildman–Crippen LogP) is 1.90. The lowest BCUT2D eigenvalue weighted by Gasteiger charge is -2.27. The van der Waals surface area contributed by atoms with Crippen molar-refractivity contribution in [2.45, 2.75) is 89.7 Å². The number of carbonyl (C=O) groups excluding carboxylic acids is 2. The molecule has 7 nitrogen and oxygen atoms in total. The maximum absolute atomic E-state index is 12.2. The highest BCUT2D eigenvalue weighted by molar-refractivity contribution is 5.73. The summed E-state index contributed by atoms with van der Waals surface area (Å²) in [5.74, 6) is -1.08. The van der Waals surface area contributed by atoms with Gasteiger partial charge in [-0.2, -0.15) is 0 Å². The van der Waals surface area contributed by atoms with Crippen LogP contribution in [-0.2, 0) is 28.5 Å². The van der Waals surface area contributed by atoms with Crippen molar-refractivity contribution in [2.24, 2.45) is 11.8 Å². The smallest absolute Gasteiger partial charge is 0.311 e. The molecule has 3 rings (SSSR count). The highest BCUT2D eigenvalue weighted by atomic mass is 16.8. The maximum atomic E-state index is 12.2. The fraction of sp³-hybridized carbons (Fsp3) is 0.889. The van der Waals surface area contributed by atoms with Gasteiger partial charge < -0.3 is 24.1 Å². The van der Waals surface area contributed by atoms with E-state index in [4.69, 9.17) is 18.9 Å². The number of aliphatic hydroxyl groups excluding tert-OH is 1. The normalized spacial score (nSPS) is 36.7. The summed E-state index contributed by atoms with van der Waals surface area (Å²) in [6, 6.07) is 0. The van der Waals surface area contributed by atoms with Gasteiger partial charge in [-0.1, -0.05) is 6.42 Å². The summed E-state index contributed by atoms with van der Waals surface area (Å²) < 4.78 is 21.5. The van der Waals surface area contributed by atoms with E-state index in [0.717, 1.165) is 32.1 Å². The Kier molecular flexibility index (Phi) is 5.96. The molecule has 2 aliphatic carbocycles. The molecule has 142 valence electrons. The summed E-state index contributed by atoms with van der Waals surface area (Å²) in [6.07, 6.45) is 3.63. The maximum Gasteiger partial charge on any atom is 0.311 e. The molecule has 2 saturated carbocycles. The first-order valence-electron chi connectivity index (χ1n) is 9.32. The minimum atomic E-state index is -0.808. The second-order valence-electron chi connectivity index (χ2n) is 7.39. The fourth-order valence-corrected chi connectivity index (χ4v) is 3.84. The molecular weight excluding hydrogens is 328 g/mol. The lowest BCUT2D eigenvalue weighted by molar-refractivity contribution is -0.232. The molecule has 0 aromatic carbocycles. The number of aliphatic hydroxyl groups is 1. The third-order valence-corrected chi connectivity index (χ3v) is 5.26. The van der Waals surface area contributed by atoms with Crippen molar-refractivity contribution in [3.63, 3.8) is 0 Å². The van der Waals surface area contributed by atoms with E-state index >= 15 is 0 Å². The minimum absolute atomic E-state index is 0.142. The molecule has 0 aromatic heterocycles. The van der Waals surface area contributed by atoms with Gasteiger partial charge >= 0.3 is 11.9 Å². The van der Waals surface area contributed by atoms with Gasteiger partial charge in [-0.25, -0.2) is 0 Å². The molecule has 0 bridgehead atoms. The van der Waals surface area contributed by atoms with E-state index in [1.807, 2.05) is 0 Å². The third kappa shape index (κ3) is 5.15.